The van der Waals surface area contributed by atoms with E-state index in [-0.39, 0.29) is 11.9 Å². The first kappa shape index (κ1) is 18.5. The van der Waals surface area contributed by atoms with Gasteiger partial charge in [0.2, 0.25) is 0 Å². The molecule has 6 N–H and O–H groups in total. The maximum absolute atomic E-state index is 12.0. The van der Waals surface area contributed by atoms with Gasteiger partial charge in [-0.25, -0.2) is 9.59 Å². The monoisotopic (exact) mass is 371 g/mol. The number of ether oxygens (including phenoxy) is 1. The van der Waals surface area contributed by atoms with Gasteiger partial charge in [-0.05, 0) is 32.0 Å². The maximum Gasteiger partial charge on any atom is 0.409 e. The summed E-state index contributed by atoms with van der Waals surface area (Å²) in [4.78, 5) is 28.3. The van der Waals surface area contributed by atoms with Gasteiger partial charge in [0.05, 0.1) is 0 Å². The number of hydrogen-bond acceptors (Lipinski definition) is 9. The lowest BCUT2D eigenvalue weighted by Gasteiger charge is -2.37. The summed E-state index contributed by atoms with van der Waals surface area (Å²) < 4.78 is 6.50. The third-order valence-electron chi connectivity index (χ3n) is 4.63. The topological polar surface area (TPSA) is 169 Å². The molecule has 2 aliphatic rings. The van der Waals surface area contributed by atoms with E-state index in [9.17, 15) is 24.9 Å². The average molecular weight is 371 g/mol. The summed E-state index contributed by atoms with van der Waals surface area (Å²) in [5.41, 5.74) is 0.879. The Balaban J connectivity index is 1.86. The Labute approximate surface area is 147 Å². The van der Waals surface area contributed by atoms with Crippen molar-refractivity contribution in [2.24, 2.45) is 0 Å². The van der Waals surface area contributed by atoms with Crippen molar-refractivity contribution in [1.29, 1.82) is 0 Å². The molecule has 0 radical (unpaired) electrons. The highest BCUT2D eigenvalue weighted by molar-refractivity contribution is 5.66. The fourth-order valence-electron chi connectivity index (χ4n) is 3.33. The van der Waals surface area contributed by atoms with Crippen LogP contribution in [0.25, 0.3) is 0 Å². The van der Waals surface area contributed by atoms with E-state index in [0.29, 0.717) is 25.9 Å². The summed E-state index contributed by atoms with van der Waals surface area (Å²) in [6.45, 7) is 1.25. The number of anilines is 1. The van der Waals surface area contributed by atoms with Gasteiger partial charge >= 0.3 is 11.8 Å². The molecule has 0 spiro atoms. The third-order valence-corrected chi connectivity index (χ3v) is 4.63. The fourth-order valence-corrected chi connectivity index (χ4v) is 3.33. The number of hydrogen-bond donors (Lipinski definition) is 6. The first-order chi connectivity index (χ1) is 12.4. The third kappa shape index (κ3) is 3.37. The van der Waals surface area contributed by atoms with Gasteiger partial charge in [-0.2, -0.15) is 4.98 Å². The lowest BCUT2D eigenvalue weighted by molar-refractivity contribution is -0.112. The average Bonchev–Trinajstić information content (AvgIpc) is 2.91. The first-order valence-corrected chi connectivity index (χ1v) is 8.17. The van der Waals surface area contributed by atoms with Crippen LogP contribution >= 0.6 is 0 Å². The molecular formula is C14H21N5O7. The molecule has 0 aliphatic carbocycles. The Bertz CT molecular complexity index is 707. The van der Waals surface area contributed by atoms with E-state index >= 15 is 0 Å². The van der Waals surface area contributed by atoms with Gasteiger partial charge in [-0.15, -0.1) is 0 Å². The van der Waals surface area contributed by atoms with E-state index in [2.05, 4.69) is 10.3 Å². The summed E-state index contributed by atoms with van der Waals surface area (Å²) in [5, 5.41) is 42.1. The molecule has 3 heterocycles. The highest BCUT2D eigenvalue weighted by atomic mass is 16.6. The van der Waals surface area contributed by atoms with Crippen LogP contribution in [0, 0.1) is 0 Å². The van der Waals surface area contributed by atoms with E-state index in [1.807, 2.05) is 0 Å². The first-order valence-electron chi connectivity index (χ1n) is 8.17. The standard InChI is InChI=1S/C14H21N5O7/c20-9-10(21)12(19(14(23)24)7-1-4-15-5-2-7)26-11(9)18-6-3-8(17-25)16-13(18)22/h3,6-7,9-12,15,20-21,25H,1-2,4-5H2,(H,23,24)(H,16,17,22)/t9-,10+,11-,12-/m1/s1. The van der Waals surface area contributed by atoms with Crippen molar-refractivity contribution in [3.8, 4) is 0 Å². The molecule has 12 heteroatoms. The van der Waals surface area contributed by atoms with E-state index in [4.69, 9.17) is 9.94 Å². The van der Waals surface area contributed by atoms with Crippen molar-refractivity contribution in [2.45, 2.75) is 43.5 Å². The number of piperidine rings is 1. The highest BCUT2D eigenvalue weighted by Gasteiger charge is 2.50. The van der Waals surface area contributed by atoms with E-state index in [0.717, 1.165) is 9.47 Å². The molecule has 1 aromatic rings. The fraction of sp³-hybridized carbons (Fsp3) is 0.643. The molecule has 1 aromatic heterocycles. The highest BCUT2D eigenvalue weighted by Crippen LogP contribution is 2.32. The van der Waals surface area contributed by atoms with Gasteiger partial charge in [0.1, 0.15) is 12.2 Å². The minimum absolute atomic E-state index is 0.0993. The molecule has 4 atom stereocenters. The maximum atomic E-state index is 12.0. The van der Waals surface area contributed by atoms with Crippen molar-refractivity contribution in [3.05, 3.63) is 22.7 Å². The van der Waals surface area contributed by atoms with E-state index < -0.39 is 36.4 Å². The Morgan fingerprint density at radius 3 is 2.62 bits per heavy atom. The quantitative estimate of drug-likeness (QED) is 0.337. The summed E-state index contributed by atoms with van der Waals surface area (Å²) in [6.07, 6.45) is -4.68. The van der Waals surface area contributed by atoms with E-state index in [1.54, 1.807) is 5.48 Å². The molecule has 144 valence electrons. The number of carbonyl (C=O) groups is 1. The van der Waals surface area contributed by atoms with Crippen molar-refractivity contribution in [1.82, 2.24) is 19.8 Å². The van der Waals surface area contributed by atoms with Crippen molar-refractivity contribution in [2.75, 3.05) is 18.6 Å². The molecule has 0 bridgehead atoms. The Morgan fingerprint density at radius 1 is 1.35 bits per heavy atom. The summed E-state index contributed by atoms with van der Waals surface area (Å²) >= 11 is 0. The molecule has 3 rings (SSSR count). The SMILES string of the molecule is O=C(O)N(C1CCNCC1)[C@@H]1O[C@@H](n2ccc(NO)nc2=O)[C@H](O)[C@@H]1O. The number of aromatic nitrogens is 2. The zero-order chi connectivity index (χ0) is 18.8. The molecular weight excluding hydrogens is 350 g/mol. The molecule has 1 amide bonds. The van der Waals surface area contributed by atoms with Gasteiger partial charge in [-0.3, -0.25) is 20.2 Å². The van der Waals surface area contributed by atoms with Gasteiger partial charge < -0.3 is 25.4 Å². The predicted octanol–water partition coefficient (Wildman–Crippen LogP) is -1.65. The minimum Gasteiger partial charge on any atom is -0.465 e. The van der Waals surface area contributed by atoms with Gasteiger partial charge in [-0.1, -0.05) is 0 Å². The normalized spacial score (nSPS) is 29.5. The largest absolute Gasteiger partial charge is 0.465 e. The van der Waals surface area contributed by atoms with Crippen molar-refractivity contribution >= 4 is 11.9 Å². The number of rotatable bonds is 4. The van der Waals surface area contributed by atoms with Crippen molar-refractivity contribution in [3.63, 3.8) is 0 Å². The number of nitrogens with zero attached hydrogens (tertiary/aromatic N) is 3. The Morgan fingerprint density at radius 2 is 2.04 bits per heavy atom. The van der Waals surface area contributed by atoms with E-state index in [1.165, 1.54) is 12.3 Å². The Hall–Kier alpha value is -2.25. The minimum atomic E-state index is -1.53. The molecule has 0 unspecified atom stereocenters. The zero-order valence-electron chi connectivity index (χ0n) is 13.7. The molecule has 0 saturated carbocycles. The molecule has 12 nitrogen and oxygen atoms in total. The van der Waals surface area contributed by atoms with Crippen LogP contribution in [-0.4, -0.2) is 78.6 Å². The number of aliphatic hydroxyl groups is 2. The van der Waals surface area contributed by atoms with Crippen LogP contribution in [0.2, 0.25) is 0 Å². The van der Waals surface area contributed by atoms with Gasteiger partial charge in [0.15, 0.2) is 18.3 Å². The van der Waals surface area contributed by atoms with Crippen LogP contribution in [-0.2, 0) is 4.74 Å². The van der Waals surface area contributed by atoms with Gasteiger partial charge in [0, 0.05) is 12.2 Å². The Kier molecular flexibility index (Phi) is 5.38. The second-order valence-electron chi connectivity index (χ2n) is 6.18. The van der Waals surface area contributed by atoms with Gasteiger partial charge in [0.25, 0.3) is 0 Å². The smallest absolute Gasteiger partial charge is 0.409 e. The van der Waals surface area contributed by atoms with Crippen LogP contribution in [0.5, 0.6) is 0 Å². The molecule has 2 aliphatic heterocycles. The van der Waals surface area contributed by atoms with Crippen LogP contribution in [0.1, 0.15) is 19.1 Å². The van der Waals surface area contributed by atoms with Crippen LogP contribution in [0.4, 0.5) is 10.6 Å². The number of carboxylic acid groups (broad SMARTS) is 1. The molecule has 26 heavy (non-hydrogen) atoms. The lowest BCUT2D eigenvalue weighted by Crippen LogP contribution is -2.54. The zero-order valence-corrected chi connectivity index (χ0v) is 13.7. The molecule has 2 saturated heterocycles. The van der Waals surface area contributed by atoms with Crippen LogP contribution in [0.15, 0.2) is 17.1 Å². The number of amides is 1. The summed E-state index contributed by atoms with van der Waals surface area (Å²) in [6, 6.07) is 0.883. The van der Waals surface area contributed by atoms with Crippen LogP contribution < -0.4 is 16.5 Å². The molecule has 2 fully saturated rings. The summed E-state index contributed by atoms with van der Waals surface area (Å²) in [5.74, 6) is -0.0993. The lowest BCUT2D eigenvalue weighted by atomic mass is 10.0. The second kappa shape index (κ2) is 7.55. The molecule has 0 aromatic carbocycles. The second-order valence-corrected chi connectivity index (χ2v) is 6.18. The predicted molar refractivity (Wildman–Crippen MR) is 85.6 cm³/mol. The number of aliphatic hydroxyl groups excluding tert-OH is 2. The summed E-state index contributed by atoms with van der Waals surface area (Å²) in [7, 11) is 0. The van der Waals surface area contributed by atoms with Crippen molar-refractivity contribution < 1.29 is 30.1 Å². The number of nitrogens with one attached hydrogen (secondary N) is 2. The van der Waals surface area contributed by atoms with Crippen LogP contribution in [0.3, 0.4) is 0 Å².